The second kappa shape index (κ2) is 7.74. The maximum atomic E-state index is 12.2. The number of rotatable bonds is 4. The number of carbonyl (C=O) groups is 1. The molecule has 0 saturated carbocycles. The molecule has 0 radical (unpaired) electrons. The number of benzene rings is 3. The highest BCUT2D eigenvalue weighted by molar-refractivity contribution is 7.14. The van der Waals surface area contributed by atoms with Crippen LogP contribution in [0.25, 0.3) is 28.1 Å². The average molecular weight is 391 g/mol. The van der Waals surface area contributed by atoms with E-state index in [1.807, 2.05) is 41.8 Å². The third-order valence-electron chi connectivity index (χ3n) is 4.08. The molecular formula is C22H15ClN2OS. The van der Waals surface area contributed by atoms with Gasteiger partial charge in [-0.3, -0.25) is 10.1 Å². The van der Waals surface area contributed by atoms with Gasteiger partial charge in [0.05, 0.1) is 5.69 Å². The zero-order chi connectivity index (χ0) is 18.6. The summed E-state index contributed by atoms with van der Waals surface area (Å²) in [5, 5.41) is 8.28. The summed E-state index contributed by atoms with van der Waals surface area (Å²) >= 11 is 7.36. The van der Waals surface area contributed by atoms with Gasteiger partial charge in [-0.25, -0.2) is 4.98 Å². The van der Waals surface area contributed by atoms with Crippen molar-refractivity contribution in [1.82, 2.24) is 4.98 Å². The first kappa shape index (κ1) is 17.5. The first-order valence-corrected chi connectivity index (χ1v) is 9.63. The SMILES string of the molecule is O=C(C=Cc1cccc(Cl)c1)Nc1nc(-c2cccc3ccccc23)cs1. The third-order valence-corrected chi connectivity index (χ3v) is 5.07. The molecule has 0 unspecified atom stereocenters. The molecule has 4 rings (SSSR count). The molecule has 0 bridgehead atoms. The minimum Gasteiger partial charge on any atom is -0.298 e. The molecule has 0 saturated heterocycles. The maximum absolute atomic E-state index is 12.2. The van der Waals surface area contributed by atoms with Crippen molar-refractivity contribution < 1.29 is 4.79 Å². The highest BCUT2D eigenvalue weighted by atomic mass is 35.5. The first-order chi connectivity index (χ1) is 13.2. The normalized spacial score (nSPS) is 11.1. The fourth-order valence-corrected chi connectivity index (χ4v) is 3.75. The van der Waals surface area contributed by atoms with E-state index in [1.54, 1.807) is 18.2 Å². The van der Waals surface area contributed by atoms with E-state index >= 15 is 0 Å². The van der Waals surface area contributed by atoms with Gasteiger partial charge in [0.15, 0.2) is 5.13 Å². The Kier molecular flexibility index (Phi) is 5.01. The lowest BCUT2D eigenvalue weighted by molar-refractivity contribution is -0.111. The minimum atomic E-state index is -0.228. The van der Waals surface area contributed by atoms with Gasteiger partial charge in [-0.1, -0.05) is 66.2 Å². The summed E-state index contributed by atoms with van der Waals surface area (Å²) < 4.78 is 0. The number of amides is 1. The lowest BCUT2D eigenvalue weighted by atomic mass is 10.0. The molecule has 0 atom stereocenters. The van der Waals surface area contributed by atoms with Gasteiger partial charge in [-0.15, -0.1) is 11.3 Å². The fourth-order valence-electron chi connectivity index (χ4n) is 2.83. The topological polar surface area (TPSA) is 42.0 Å². The Hall–Kier alpha value is -2.95. The van der Waals surface area contributed by atoms with Crippen LogP contribution in [-0.2, 0) is 4.79 Å². The van der Waals surface area contributed by atoms with E-state index < -0.39 is 0 Å². The van der Waals surface area contributed by atoms with Gasteiger partial charge < -0.3 is 0 Å². The predicted molar refractivity (Wildman–Crippen MR) is 114 cm³/mol. The van der Waals surface area contributed by atoms with Crippen molar-refractivity contribution in [3.63, 3.8) is 0 Å². The molecule has 3 aromatic carbocycles. The number of hydrogen-bond donors (Lipinski definition) is 1. The largest absolute Gasteiger partial charge is 0.298 e. The average Bonchev–Trinajstić information content (AvgIpc) is 3.14. The Labute approximate surface area is 166 Å². The summed E-state index contributed by atoms with van der Waals surface area (Å²) in [4.78, 5) is 16.7. The Balaban J connectivity index is 1.52. The number of nitrogens with zero attached hydrogens (tertiary/aromatic N) is 1. The monoisotopic (exact) mass is 390 g/mol. The number of fused-ring (bicyclic) bond motifs is 1. The Bertz CT molecular complexity index is 1140. The molecular weight excluding hydrogens is 376 g/mol. The number of nitrogens with one attached hydrogen (secondary N) is 1. The third kappa shape index (κ3) is 4.08. The molecule has 0 spiro atoms. The van der Waals surface area contributed by atoms with Crippen LogP contribution in [0.1, 0.15) is 5.56 Å². The summed E-state index contributed by atoms with van der Waals surface area (Å²) in [7, 11) is 0. The van der Waals surface area contributed by atoms with Crippen LogP contribution in [0.4, 0.5) is 5.13 Å². The van der Waals surface area contributed by atoms with Crippen molar-refractivity contribution in [3.05, 3.63) is 88.8 Å². The van der Waals surface area contributed by atoms with E-state index in [9.17, 15) is 4.79 Å². The summed E-state index contributed by atoms with van der Waals surface area (Å²) in [6, 6.07) is 21.7. The molecule has 0 aliphatic rings. The molecule has 4 aromatic rings. The summed E-state index contributed by atoms with van der Waals surface area (Å²) in [5.41, 5.74) is 2.78. The molecule has 0 fully saturated rings. The lowest BCUT2D eigenvalue weighted by Crippen LogP contribution is -2.07. The standard InChI is InChI=1S/C22H15ClN2OS/c23-17-8-3-5-15(13-17)11-12-21(26)25-22-24-20(14-27-22)19-10-4-7-16-6-1-2-9-18(16)19/h1-14H,(H,24,25,26). The number of hydrogen-bond acceptors (Lipinski definition) is 3. The van der Waals surface area contributed by atoms with Crippen LogP contribution in [0.5, 0.6) is 0 Å². The smallest absolute Gasteiger partial charge is 0.250 e. The molecule has 1 heterocycles. The van der Waals surface area contributed by atoms with Gasteiger partial charge in [0.1, 0.15) is 0 Å². The van der Waals surface area contributed by atoms with E-state index in [0.29, 0.717) is 10.2 Å². The van der Waals surface area contributed by atoms with Crippen molar-refractivity contribution in [1.29, 1.82) is 0 Å². The number of thiazole rings is 1. The fraction of sp³-hybridized carbons (Fsp3) is 0. The molecule has 5 heteroatoms. The maximum Gasteiger partial charge on any atom is 0.250 e. The van der Waals surface area contributed by atoms with Crippen molar-refractivity contribution in [2.75, 3.05) is 5.32 Å². The Morgan fingerprint density at radius 3 is 2.74 bits per heavy atom. The Morgan fingerprint density at radius 2 is 1.85 bits per heavy atom. The van der Waals surface area contributed by atoms with Gasteiger partial charge >= 0.3 is 0 Å². The zero-order valence-corrected chi connectivity index (χ0v) is 15.8. The van der Waals surface area contributed by atoms with Gasteiger partial charge in [0, 0.05) is 22.0 Å². The molecule has 1 aromatic heterocycles. The van der Waals surface area contributed by atoms with E-state index in [0.717, 1.165) is 27.6 Å². The van der Waals surface area contributed by atoms with E-state index in [4.69, 9.17) is 11.6 Å². The van der Waals surface area contributed by atoms with Gasteiger partial charge in [-0.05, 0) is 34.5 Å². The molecule has 132 valence electrons. The Morgan fingerprint density at radius 1 is 1.04 bits per heavy atom. The number of aromatic nitrogens is 1. The summed E-state index contributed by atoms with van der Waals surface area (Å²) in [6.45, 7) is 0. The number of anilines is 1. The molecule has 0 aliphatic carbocycles. The molecule has 1 N–H and O–H groups in total. The van der Waals surface area contributed by atoms with Gasteiger partial charge in [-0.2, -0.15) is 0 Å². The van der Waals surface area contributed by atoms with Gasteiger partial charge in [0.2, 0.25) is 5.91 Å². The minimum absolute atomic E-state index is 0.228. The molecule has 0 aliphatic heterocycles. The van der Waals surface area contributed by atoms with E-state index in [1.165, 1.54) is 17.4 Å². The first-order valence-electron chi connectivity index (χ1n) is 8.37. The predicted octanol–water partition coefficient (Wildman–Crippen LogP) is 6.27. The van der Waals surface area contributed by atoms with Crippen molar-refractivity contribution in [2.45, 2.75) is 0 Å². The van der Waals surface area contributed by atoms with Crippen LogP contribution in [0.15, 0.2) is 78.2 Å². The second-order valence-electron chi connectivity index (χ2n) is 5.94. The van der Waals surface area contributed by atoms with Crippen molar-refractivity contribution >= 4 is 50.8 Å². The summed E-state index contributed by atoms with van der Waals surface area (Å²) in [5.74, 6) is -0.228. The highest BCUT2D eigenvalue weighted by Gasteiger charge is 2.09. The van der Waals surface area contributed by atoms with E-state index in [2.05, 4.69) is 28.5 Å². The lowest BCUT2D eigenvalue weighted by Gasteiger charge is -2.03. The summed E-state index contributed by atoms with van der Waals surface area (Å²) in [6.07, 6.45) is 3.20. The van der Waals surface area contributed by atoms with Crippen LogP contribution in [0.3, 0.4) is 0 Å². The van der Waals surface area contributed by atoms with Gasteiger partial charge in [0.25, 0.3) is 0 Å². The number of halogens is 1. The number of carbonyl (C=O) groups excluding carboxylic acids is 1. The molecule has 1 amide bonds. The zero-order valence-electron chi connectivity index (χ0n) is 14.2. The van der Waals surface area contributed by atoms with Crippen LogP contribution >= 0.6 is 22.9 Å². The quantitative estimate of drug-likeness (QED) is 0.417. The van der Waals surface area contributed by atoms with Crippen molar-refractivity contribution in [2.24, 2.45) is 0 Å². The highest BCUT2D eigenvalue weighted by Crippen LogP contribution is 2.30. The van der Waals surface area contributed by atoms with Crippen LogP contribution in [0.2, 0.25) is 5.02 Å². The second-order valence-corrected chi connectivity index (χ2v) is 7.24. The van der Waals surface area contributed by atoms with Crippen LogP contribution in [-0.4, -0.2) is 10.9 Å². The van der Waals surface area contributed by atoms with Crippen molar-refractivity contribution in [3.8, 4) is 11.3 Å². The van der Waals surface area contributed by atoms with Crippen LogP contribution < -0.4 is 5.32 Å². The molecule has 3 nitrogen and oxygen atoms in total. The van der Waals surface area contributed by atoms with Crippen LogP contribution in [0, 0.1) is 0 Å². The molecule has 27 heavy (non-hydrogen) atoms. The van der Waals surface area contributed by atoms with E-state index in [-0.39, 0.29) is 5.91 Å².